The zero-order chi connectivity index (χ0) is 43.1. The lowest BCUT2D eigenvalue weighted by molar-refractivity contribution is -0.140. The lowest BCUT2D eigenvalue weighted by Gasteiger charge is -2.23. The van der Waals surface area contributed by atoms with Gasteiger partial charge in [0.2, 0.25) is 0 Å². The van der Waals surface area contributed by atoms with Gasteiger partial charge in [0.15, 0.2) is 9.84 Å². The van der Waals surface area contributed by atoms with Gasteiger partial charge in [-0.25, -0.2) is 18.0 Å². The second-order valence-electron chi connectivity index (χ2n) is 14.0. The van der Waals surface area contributed by atoms with Gasteiger partial charge in [0, 0.05) is 28.8 Å². The van der Waals surface area contributed by atoms with E-state index in [1.54, 1.807) is 52.0 Å². The molecule has 0 radical (unpaired) electrons. The van der Waals surface area contributed by atoms with Crippen molar-refractivity contribution in [2.45, 2.75) is 98.9 Å². The molecule has 2 atom stereocenters. The summed E-state index contributed by atoms with van der Waals surface area (Å²) in [6.45, 7) is 14.2. The first-order valence-corrected chi connectivity index (χ1v) is 21.1. The van der Waals surface area contributed by atoms with Crippen LogP contribution in [0.5, 0.6) is 0 Å². The zero-order valence-corrected chi connectivity index (χ0v) is 36.8. The number of esters is 3. The minimum Gasteiger partial charge on any atom is -0.468 e. The van der Waals surface area contributed by atoms with Gasteiger partial charge in [-0.15, -0.1) is 11.8 Å². The van der Waals surface area contributed by atoms with Crippen molar-refractivity contribution in [2.75, 3.05) is 43.8 Å². The molecule has 57 heavy (non-hydrogen) atoms. The van der Waals surface area contributed by atoms with Gasteiger partial charge in [0.05, 0.1) is 38.4 Å². The first-order valence-electron chi connectivity index (χ1n) is 17.4. The predicted octanol–water partition coefficient (Wildman–Crippen LogP) is 7.25. The Kier molecular flexibility index (Phi) is 27.0. The van der Waals surface area contributed by atoms with Crippen LogP contribution in [0, 0.1) is 0 Å². The van der Waals surface area contributed by atoms with Crippen LogP contribution in [0.4, 0.5) is 9.59 Å². The van der Waals surface area contributed by atoms with Crippen molar-refractivity contribution in [2.24, 2.45) is 0 Å². The van der Waals surface area contributed by atoms with Gasteiger partial charge in [-0.2, -0.15) is 0 Å². The van der Waals surface area contributed by atoms with E-state index in [-0.39, 0.29) is 37.6 Å². The van der Waals surface area contributed by atoms with Crippen LogP contribution in [0.2, 0.25) is 10.0 Å². The number of carbonyl (C=O) groups is 5. The number of hydrogen-bond donors (Lipinski definition) is 2. The van der Waals surface area contributed by atoms with Crippen molar-refractivity contribution >= 4 is 74.9 Å². The molecule has 0 aliphatic carbocycles. The maximum atomic E-state index is 12.2. The van der Waals surface area contributed by atoms with Crippen molar-refractivity contribution in [1.82, 2.24) is 10.6 Å². The van der Waals surface area contributed by atoms with E-state index < -0.39 is 56.7 Å². The summed E-state index contributed by atoms with van der Waals surface area (Å²) >= 11 is 13.1. The summed E-state index contributed by atoms with van der Waals surface area (Å²) in [7, 11) is -1.31. The number of hydrogen-bond acceptors (Lipinski definition) is 13. The summed E-state index contributed by atoms with van der Waals surface area (Å²) in [6, 6.07) is 13.3. The van der Waals surface area contributed by atoms with Crippen LogP contribution in [0.3, 0.4) is 0 Å². The third-order valence-electron chi connectivity index (χ3n) is 6.37. The number of benzene rings is 2. The number of methoxy groups -OCH3 is 2. The fraction of sp³-hybridized carbons (Fsp3) is 0.564. The number of ether oxygens (including phenoxy) is 5. The normalized spacial score (nSPS) is 11.9. The van der Waals surface area contributed by atoms with Crippen molar-refractivity contribution in [1.29, 1.82) is 0 Å². The summed E-state index contributed by atoms with van der Waals surface area (Å²) < 4.78 is 48.3. The molecule has 2 N–H and O–H groups in total. The Morgan fingerprint density at radius 2 is 1.12 bits per heavy atom. The molecule has 0 bridgehead atoms. The van der Waals surface area contributed by atoms with E-state index in [2.05, 4.69) is 24.8 Å². The number of carbonyl (C=O) groups excluding carboxylic acids is 5. The van der Waals surface area contributed by atoms with Crippen LogP contribution in [0.1, 0.15) is 73.9 Å². The standard InChI is InChI=1S/C17H24ClNO6S.C17H24ClNO4S.C4H8O2.CH4/c1-17(2,3)25-16(21)19-14(9-12-5-7-13(18)8-6-12)10-26(22,23)11-15(20)24-4;1-17(2,3)23-16(21)19-14(10-24-11-15(20)22-4)9-12-5-7-13(18)8-6-12;1-3-6-4(2)5;/h5-8,14H,9-11H2,1-4H3,(H,19,21);5-8,14H,9-11H2,1-4H3,(H,19,21);3H2,1-2H3;1H4. The van der Waals surface area contributed by atoms with Crippen molar-refractivity contribution in [3.63, 3.8) is 0 Å². The highest BCUT2D eigenvalue weighted by atomic mass is 35.5. The SMILES string of the molecule is C.CCOC(C)=O.COC(=O)CS(=O)(=O)CC(Cc1ccc(Cl)cc1)NC(=O)OC(C)(C)C.COC(=O)CSCC(Cc1ccc(Cl)cc1)NC(=O)OC(C)(C)C. The average molecular weight is 884 g/mol. The lowest BCUT2D eigenvalue weighted by Crippen LogP contribution is -2.44. The number of thioether (sulfide) groups is 1. The third-order valence-corrected chi connectivity index (χ3v) is 9.53. The molecule has 2 amide bonds. The van der Waals surface area contributed by atoms with Crippen molar-refractivity contribution in [3.05, 3.63) is 69.7 Å². The molecule has 0 aliphatic heterocycles. The number of alkyl carbamates (subject to hydrolysis) is 2. The first-order chi connectivity index (χ1) is 25.9. The number of amides is 2. The second-order valence-corrected chi connectivity index (χ2v) is 18.0. The quantitative estimate of drug-likeness (QED) is 0.135. The van der Waals surface area contributed by atoms with E-state index >= 15 is 0 Å². The van der Waals surface area contributed by atoms with E-state index in [0.717, 1.165) is 18.2 Å². The minimum atomic E-state index is -3.78. The summed E-state index contributed by atoms with van der Waals surface area (Å²) in [6.07, 6.45) is -0.355. The van der Waals surface area contributed by atoms with E-state index in [9.17, 15) is 32.4 Å². The Hall–Kier alpha value is -3.73. The molecule has 2 aromatic rings. The van der Waals surface area contributed by atoms with E-state index in [1.165, 1.54) is 25.8 Å². The van der Waals surface area contributed by atoms with Gasteiger partial charge >= 0.3 is 30.1 Å². The fourth-order valence-corrected chi connectivity index (χ4v) is 6.76. The summed E-state index contributed by atoms with van der Waals surface area (Å²) in [5.41, 5.74) is 0.538. The molecule has 0 saturated heterocycles. The van der Waals surface area contributed by atoms with Crippen LogP contribution in [0.25, 0.3) is 0 Å². The predicted molar refractivity (Wildman–Crippen MR) is 226 cm³/mol. The van der Waals surface area contributed by atoms with Crippen LogP contribution < -0.4 is 10.6 Å². The maximum Gasteiger partial charge on any atom is 0.407 e. The zero-order valence-electron chi connectivity index (χ0n) is 33.7. The van der Waals surface area contributed by atoms with Gasteiger partial charge in [-0.1, -0.05) is 54.9 Å². The molecule has 18 heteroatoms. The van der Waals surface area contributed by atoms with Crippen molar-refractivity contribution in [3.8, 4) is 0 Å². The Labute approximate surface area is 352 Å². The van der Waals surface area contributed by atoms with Gasteiger partial charge in [-0.05, 0) is 96.7 Å². The molecule has 2 aromatic carbocycles. The summed E-state index contributed by atoms with van der Waals surface area (Å²) in [5.74, 6) is -1.73. The number of sulfone groups is 1. The van der Waals surface area contributed by atoms with Crippen LogP contribution in [-0.4, -0.2) is 106 Å². The van der Waals surface area contributed by atoms with Crippen molar-refractivity contribution < 1.29 is 56.1 Å². The van der Waals surface area contributed by atoms with Gasteiger partial charge < -0.3 is 34.3 Å². The highest BCUT2D eigenvalue weighted by Crippen LogP contribution is 2.16. The number of rotatable bonds is 15. The Balaban J connectivity index is 0. The molecule has 0 aliphatic rings. The largest absolute Gasteiger partial charge is 0.468 e. The smallest absolute Gasteiger partial charge is 0.407 e. The molecular formula is C39H60Cl2N2O12S2. The second kappa shape index (κ2) is 27.8. The maximum absolute atomic E-state index is 12.2. The van der Waals surface area contributed by atoms with Gasteiger partial charge in [0.25, 0.3) is 0 Å². The van der Waals surface area contributed by atoms with E-state index in [4.69, 9.17) is 32.7 Å². The van der Waals surface area contributed by atoms with E-state index in [1.807, 2.05) is 45.0 Å². The Morgan fingerprint density at radius 3 is 1.47 bits per heavy atom. The minimum absolute atomic E-state index is 0. The van der Waals surface area contributed by atoms with Crippen LogP contribution in [0.15, 0.2) is 48.5 Å². The first kappa shape index (κ1) is 55.4. The average Bonchev–Trinajstić information content (AvgIpc) is 3.05. The Bertz CT molecular complexity index is 1630. The molecule has 2 rings (SSSR count). The molecule has 2 unspecified atom stereocenters. The summed E-state index contributed by atoms with van der Waals surface area (Å²) in [5, 5.41) is 6.63. The molecule has 14 nitrogen and oxygen atoms in total. The fourth-order valence-electron chi connectivity index (χ4n) is 4.21. The number of nitrogens with one attached hydrogen (secondary N) is 2. The number of halogens is 2. The highest BCUT2D eigenvalue weighted by Gasteiger charge is 2.26. The monoisotopic (exact) mass is 882 g/mol. The molecule has 324 valence electrons. The molecule has 0 aromatic heterocycles. The molecular weight excluding hydrogens is 823 g/mol. The van der Waals surface area contributed by atoms with Gasteiger partial charge in [-0.3, -0.25) is 14.4 Å². The summed E-state index contributed by atoms with van der Waals surface area (Å²) in [4.78, 5) is 56.4. The molecule has 0 fully saturated rings. The van der Waals surface area contributed by atoms with Crippen LogP contribution in [-0.2, 0) is 60.7 Å². The highest BCUT2D eigenvalue weighted by molar-refractivity contribution is 7.99. The topological polar surface area (TPSA) is 190 Å². The molecule has 0 spiro atoms. The Morgan fingerprint density at radius 1 is 0.719 bits per heavy atom. The lowest BCUT2D eigenvalue weighted by atomic mass is 10.1. The molecule has 0 saturated carbocycles. The van der Waals surface area contributed by atoms with E-state index in [0.29, 0.717) is 28.8 Å². The molecule has 0 heterocycles. The third kappa shape index (κ3) is 31.0. The van der Waals surface area contributed by atoms with Gasteiger partial charge in [0.1, 0.15) is 17.0 Å². The van der Waals surface area contributed by atoms with Crippen LogP contribution >= 0.6 is 35.0 Å².